The molecule has 0 atom stereocenters. The molecule has 0 saturated heterocycles. The highest BCUT2D eigenvalue weighted by atomic mass is 15.2. The normalized spacial score (nSPS) is 10.3. The summed E-state index contributed by atoms with van der Waals surface area (Å²) in [6.07, 6.45) is 0.586. The molecule has 0 bridgehead atoms. The Morgan fingerprint density at radius 2 is 1.80 bits per heavy atom. The molecule has 1 aromatic heterocycles. The average molecular weight is 330 g/mol. The predicted molar refractivity (Wildman–Crippen MR) is 97.4 cm³/mol. The Balaban J connectivity index is 1.84. The SMILES string of the molecule is Cc1ccc(C)c(Cc2nc(N)nc(Nc3ccc(C#N)cc3)n2)c1. The lowest BCUT2D eigenvalue weighted by Gasteiger charge is -2.09. The van der Waals surface area contributed by atoms with Crippen molar-refractivity contribution in [1.82, 2.24) is 15.0 Å². The molecular formula is C19H18N6. The first kappa shape index (κ1) is 16.4. The average Bonchev–Trinajstić information content (AvgIpc) is 2.58. The van der Waals surface area contributed by atoms with Gasteiger partial charge in [0.1, 0.15) is 5.82 Å². The first-order valence-corrected chi connectivity index (χ1v) is 7.87. The Kier molecular flexibility index (Phi) is 4.57. The van der Waals surface area contributed by atoms with Crippen LogP contribution in [0.2, 0.25) is 0 Å². The quantitative estimate of drug-likeness (QED) is 0.761. The smallest absolute Gasteiger partial charge is 0.232 e. The van der Waals surface area contributed by atoms with Gasteiger partial charge in [-0.25, -0.2) is 0 Å². The summed E-state index contributed by atoms with van der Waals surface area (Å²) >= 11 is 0. The van der Waals surface area contributed by atoms with E-state index in [2.05, 4.69) is 58.4 Å². The summed E-state index contributed by atoms with van der Waals surface area (Å²) < 4.78 is 0. The van der Waals surface area contributed by atoms with E-state index in [1.54, 1.807) is 24.3 Å². The Hall–Kier alpha value is -3.46. The van der Waals surface area contributed by atoms with E-state index in [1.165, 1.54) is 11.1 Å². The van der Waals surface area contributed by atoms with Crippen LogP contribution in [0.5, 0.6) is 0 Å². The van der Waals surface area contributed by atoms with Crippen LogP contribution in [0.15, 0.2) is 42.5 Å². The number of nitriles is 1. The summed E-state index contributed by atoms with van der Waals surface area (Å²) in [4.78, 5) is 12.8. The molecule has 3 aromatic rings. The van der Waals surface area contributed by atoms with Gasteiger partial charge in [-0.1, -0.05) is 23.8 Å². The van der Waals surface area contributed by atoms with E-state index in [0.29, 0.717) is 23.8 Å². The second kappa shape index (κ2) is 6.97. The van der Waals surface area contributed by atoms with Crippen molar-refractivity contribution >= 4 is 17.6 Å². The van der Waals surface area contributed by atoms with Crippen LogP contribution in [0.4, 0.5) is 17.6 Å². The van der Waals surface area contributed by atoms with Crippen LogP contribution in [0, 0.1) is 25.2 Å². The fraction of sp³-hybridized carbons (Fsp3) is 0.158. The number of rotatable bonds is 4. The van der Waals surface area contributed by atoms with Gasteiger partial charge < -0.3 is 11.1 Å². The van der Waals surface area contributed by atoms with Crippen LogP contribution in [0.1, 0.15) is 28.1 Å². The number of hydrogen-bond acceptors (Lipinski definition) is 6. The Bertz CT molecular complexity index is 941. The van der Waals surface area contributed by atoms with Crippen molar-refractivity contribution in [3.63, 3.8) is 0 Å². The number of aromatic nitrogens is 3. The van der Waals surface area contributed by atoms with Crippen LogP contribution < -0.4 is 11.1 Å². The van der Waals surface area contributed by atoms with E-state index in [9.17, 15) is 0 Å². The highest BCUT2D eigenvalue weighted by Crippen LogP contribution is 2.17. The molecule has 6 nitrogen and oxygen atoms in total. The fourth-order valence-electron chi connectivity index (χ4n) is 2.49. The molecule has 3 rings (SSSR count). The fourth-order valence-corrected chi connectivity index (χ4v) is 2.49. The number of nitrogen functional groups attached to an aromatic ring is 1. The maximum atomic E-state index is 8.85. The lowest BCUT2D eigenvalue weighted by Crippen LogP contribution is -2.08. The van der Waals surface area contributed by atoms with Crippen molar-refractivity contribution in [2.75, 3.05) is 11.1 Å². The molecular weight excluding hydrogens is 312 g/mol. The van der Waals surface area contributed by atoms with E-state index in [4.69, 9.17) is 11.0 Å². The van der Waals surface area contributed by atoms with Crippen molar-refractivity contribution in [2.45, 2.75) is 20.3 Å². The largest absolute Gasteiger partial charge is 0.368 e. The number of nitrogens with one attached hydrogen (secondary N) is 1. The number of anilines is 3. The molecule has 1 heterocycles. The highest BCUT2D eigenvalue weighted by Gasteiger charge is 2.08. The second-order valence-electron chi connectivity index (χ2n) is 5.85. The number of aryl methyl sites for hydroxylation is 2. The van der Waals surface area contributed by atoms with Crippen molar-refractivity contribution in [3.8, 4) is 6.07 Å². The molecule has 0 unspecified atom stereocenters. The van der Waals surface area contributed by atoms with E-state index >= 15 is 0 Å². The van der Waals surface area contributed by atoms with Gasteiger partial charge in [-0.15, -0.1) is 0 Å². The molecule has 0 amide bonds. The summed E-state index contributed by atoms with van der Waals surface area (Å²) in [5.74, 6) is 1.17. The number of nitrogens with zero attached hydrogens (tertiary/aromatic N) is 4. The monoisotopic (exact) mass is 330 g/mol. The molecule has 0 aliphatic carbocycles. The molecule has 0 fully saturated rings. The minimum absolute atomic E-state index is 0.173. The van der Waals surface area contributed by atoms with Gasteiger partial charge in [0.25, 0.3) is 0 Å². The lowest BCUT2D eigenvalue weighted by atomic mass is 10.0. The first-order valence-electron chi connectivity index (χ1n) is 7.87. The molecule has 3 N–H and O–H groups in total. The number of benzene rings is 2. The third-order valence-electron chi connectivity index (χ3n) is 3.82. The summed E-state index contributed by atoms with van der Waals surface area (Å²) in [6.45, 7) is 4.12. The van der Waals surface area contributed by atoms with Gasteiger partial charge in [0, 0.05) is 12.1 Å². The zero-order valence-electron chi connectivity index (χ0n) is 14.1. The van der Waals surface area contributed by atoms with Gasteiger partial charge in [-0.05, 0) is 49.2 Å². The maximum absolute atomic E-state index is 8.85. The molecule has 0 saturated carbocycles. The third kappa shape index (κ3) is 4.09. The molecule has 25 heavy (non-hydrogen) atoms. The van der Waals surface area contributed by atoms with Gasteiger partial charge in [-0.2, -0.15) is 20.2 Å². The minimum Gasteiger partial charge on any atom is -0.368 e. The second-order valence-corrected chi connectivity index (χ2v) is 5.85. The number of nitrogens with two attached hydrogens (primary N) is 1. The molecule has 2 aromatic carbocycles. The van der Waals surface area contributed by atoms with Gasteiger partial charge in [0.05, 0.1) is 11.6 Å². The van der Waals surface area contributed by atoms with Crippen molar-refractivity contribution in [3.05, 3.63) is 70.5 Å². The molecule has 0 aliphatic heterocycles. The molecule has 6 heteroatoms. The Morgan fingerprint density at radius 1 is 1.04 bits per heavy atom. The third-order valence-corrected chi connectivity index (χ3v) is 3.82. The first-order chi connectivity index (χ1) is 12.0. The topological polar surface area (TPSA) is 101 Å². The van der Waals surface area contributed by atoms with E-state index < -0.39 is 0 Å². The van der Waals surface area contributed by atoms with E-state index in [1.807, 2.05) is 0 Å². The number of hydrogen-bond donors (Lipinski definition) is 2. The van der Waals surface area contributed by atoms with Gasteiger partial charge in [0.15, 0.2) is 0 Å². The van der Waals surface area contributed by atoms with Crippen molar-refractivity contribution in [1.29, 1.82) is 5.26 Å². The lowest BCUT2D eigenvalue weighted by molar-refractivity contribution is 0.929. The summed E-state index contributed by atoms with van der Waals surface area (Å²) in [7, 11) is 0. The molecule has 0 aliphatic rings. The predicted octanol–water partition coefficient (Wildman–Crippen LogP) is 3.28. The zero-order chi connectivity index (χ0) is 17.8. The van der Waals surface area contributed by atoms with Crippen LogP contribution in [-0.2, 0) is 6.42 Å². The van der Waals surface area contributed by atoms with Crippen LogP contribution in [0.25, 0.3) is 0 Å². The Morgan fingerprint density at radius 3 is 2.52 bits per heavy atom. The molecule has 0 radical (unpaired) electrons. The summed E-state index contributed by atoms with van der Waals surface area (Å²) in [5.41, 5.74) is 10.8. The van der Waals surface area contributed by atoms with Crippen molar-refractivity contribution < 1.29 is 0 Å². The van der Waals surface area contributed by atoms with Crippen LogP contribution in [0.3, 0.4) is 0 Å². The summed E-state index contributed by atoms with van der Waals surface area (Å²) in [6, 6.07) is 15.4. The highest BCUT2D eigenvalue weighted by molar-refractivity contribution is 5.55. The minimum atomic E-state index is 0.173. The zero-order valence-corrected chi connectivity index (χ0v) is 14.1. The molecule has 0 spiro atoms. The van der Waals surface area contributed by atoms with Gasteiger partial charge in [0.2, 0.25) is 11.9 Å². The van der Waals surface area contributed by atoms with Gasteiger partial charge >= 0.3 is 0 Å². The molecule has 124 valence electrons. The van der Waals surface area contributed by atoms with Crippen molar-refractivity contribution in [2.24, 2.45) is 0 Å². The summed E-state index contributed by atoms with van der Waals surface area (Å²) in [5, 5.41) is 11.9. The van der Waals surface area contributed by atoms with Crippen LogP contribution in [-0.4, -0.2) is 15.0 Å². The van der Waals surface area contributed by atoms with E-state index in [-0.39, 0.29) is 5.95 Å². The standard InChI is InChI=1S/C19H18N6/c1-12-3-4-13(2)15(9-12)10-17-23-18(21)25-19(24-17)22-16-7-5-14(11-20)6-8-16/h3-9H,10H2,1-2H3,(H3,21,22,23,24,25). The van der Waals surface area contributed by atoms with E-state index in [0.717, 1.165) is 11.3 Å². The van der Waals surface area contributed by atoms with Gasteiger partial charge in [-0.3, -0.25) is 0 Å². The van der Waals surface area contributed by atoms with Crippen LogP contribution >= 0.6 is 0 Å². The Labute approximate surface area is 146 Å². The maximum Gasteiger partial charge on any atom is 0.232 e.